The van der Waals surface area contributed by atoms with Gasteiger partial charge in [-0.1, -0.05) is 13.8 Å². The van der Waals surface area contributed by atoms with Gasteiger partial charge in [0.05, 0.1) is 5.69 Å². The highest BCUT2D eigenvalue weighted by Gasteiger charge is 2.39. The van der Waals surface area contributed by atoms with Crippen molar-refractivity contribution >= 4 is 5.69 Å². The first-order valence-corrected chi connectivity index (χ1v) is 5.66. The molecule has 0 amide bonds. The summed E-state index contributed by atoms with van der Waals surface area (Å²) in [6, 6.07) is 3.04. The SMILES string of the molecule is CC(C)C1CN(c2cccnc2C(F)(F)F)C1. The van der Waals surface area contributed by atoms with Crippen LogP contribution in [0.15, 0.2) is 18.3 Å². The predicted molar refractivity (Wildman–Crippen MR) is 59.8 cm³/mol. The molecule has 0 aliphatic carbocycles. The molecule has 0 atom stereocenters. The summed E-state index contributed by atoms with van der Waals surface area (Å²) in [4.78, 5) is 5.21. The fourth-order valence-corrected chi connectivity index (χ4v) is 2.00. The van der Waals surface area contributed by atoms with Gasteiger partial charge in [-0.15, -0.1) is 0 Å². The number of anilines is 1. The van der Waals surface area contributed by atoms with Gasteiger partial charge < -0.3 is 4.90 Å². The Balaban J connectivity index is 2.18. The summed E-state index contributed by atoms with van der Waals surface area (Å²) >= 11 is 0. The fraction of sp³-hybridized carbons (Fsp3) is 0.583. The third kappa shape index (κ3) is 2.37. The molecule has 1 aromatic rings. The molecule has 17 heavy (non-hydrogen) atoms. The van der Waals surface area contributed by atoms with Crippen molar-refractivity contribution < 1.29 is 13.2 Å². The average Bonchev–Trinajstić information content (AvgIpc) is 2.13. The molecule has 0 bridgehead atoms. The quantitative estimate of drug-likeness (QED) is 0.794. The molecule has 0 spiro atoms. The van der Waals surface area contributed by atoms with Crippen LogP contribution in [0.1, 0.15) is 19.5 Å². The van der Waals surface area contributed by atoms with Gasteiger partial charge in [-0.05, 0) is 24.0 Å². The summed E-state index contributed by atoms with van der Waals surface area (Å²) in [5.74, 6) is 0.994. The molecule has 2 rings (SSSR count). The monoisotopic (exact) mass is 244 g/mol. The van der Waals surface area contributed by atoms with Gasteiger partial charge in [0.25, 0.3) is 0 Å². The van der Waals surface area contributed by atoms with Crippen molar-refractivity contribution in [2.45, 2.75) is 20.0 Å². The number of pyridine rings is 1. The molecule has 0 aromatic carbocycles. The van der Waals surface area contributed by atoms with E-state index in [9.17, 15) is 13.2 Å². The van der Waals surface area contributed by atoms with Crippen molar-refractivity contribution in [1.82, 2.24) is 4.98 Å². The number of alkyl halides is 3. The number of hydrogen-bond acceptors (Lipinski definition) is 2. The van der Waals surface area contributed by atoms with E-state index < -0.39 is 11.9 Å². The Morgan fingerprint density at radius 2 is 2.00 bits per heavy atom. The van der Waals surface area contributed by atoms with Crippen LogP contribution < -0.4 is 4.90 Å². The molecular weight excluding hydrogens is 229 g/mol. The first kappa shape index (κ1) is 12.2. The topological polar surface area (TPSA) is 16.1 Å². The fourth-order valence-electron chi connectivity index (χ4n) is 2.00. The van der Waals surface area contributed by atoms with Gasteiger partial charge in [0.1, 0.15) is 0 Å². The van der Waals surface area contributed by atoms with Crippen molar-refractivity contribution in [1.29, 1.82) is 0 Å². The highest BCUT2D eigenvalue weighted by molar-refractivity contribution is 5.53. The summed E-state index contributed by atoms with van der Waals surface area (Å²) in [6.07, 6.45) is -3.19. The minimum Gasteiger partial charge on any atom is -0.369 e. The summed E-state index contributed by atoms with van der Waals surface area (Å²) < 4.78 is 38.2. The molecule has 1 aliphatic rings. The minimum absolute atomic E-state index is 0.205. The maximum Gasteiger partial charge on any atom is 0.435 e. The summed E-state index contributed by atoms with van der Waals surface area (Å²) in [7, 11) is 0. The summed E-state index contributed by atoms with van der Waals surface area (Å²) in [6.45, 7) is 5.56. The van der Waals surface area contributed by atoms with E-state index >= 15 is 0 Å². The van der Waals surface area contributed by atoms with Crippen LogP contribution in [0.3, 0.4) is 0 Å². The van der Waals surface area contributed by atoms with E-state index in [0.29, 0.717) is 24.9 Å². The van der Waals surface area contributed by atoms with E-state index in [1.54, 1.807) is 11.0 Å². The molecule has 2 heterocycles. The lowest BCUT2D eigenvalue weighted by Gasteiger charge is -2.43. The molecular formula is C12H15F3N2. The Labute approximate surface area is 98.5 Å². The van der Waals surface area contributed by atoms with Gasteiger partial charge in [0.2, 0.25) is 0 Å². The Kier molecular flexibility index (Phi) is 3.02. The number of halogens is 3. The second-order valence-electron chi connectivity index (χ2n) is 4.78. The zero-order valence-corrected chi connectivity index (χ0v) is 9.83. The van der Waals surface area contributed by atoms with Crippen molar-refractivity contribution in [3.63, 3.8) is 0 Å². The van der Waals surface area contributed by atoms with Crippen LogP contribution in [-0.2, 0) is 6.18 Å². The molecule has 1 aliphatic heterocycles. The second kappa shape index (κ2) is 4.20. The third-order valence-electron chi connectivity index (χ3n) is 3.25. The van der Waals surface area contributed by atoms with Crippen molar-refractivity contribution in [2.75, 3.05) is 18.0 Å². The van der Waals surface area contributed by atoms with Gasteiger partial charge in [0, 0.05) is 19.3 Å². The van der Waals surface area contributed by atoms with Crippen LogP contribution in [0.25, 0.3) is 0 Å². The Morgan fingerprint density at radius 3 is 2.53 bits per heavy atom. The molecule has 94 valence electrons. The number of rotatable bonds is 2. The molecule has 0 N–H and O–H groups in total. The molecule has 2 nitrogen and oxygen atoms in total. The first-order valence-electron chi connectivity index (χ1n) is 5.66. The van der Waals surface area contributed by atoms with Crippen LogP contribution >= 0.6 is 0 Å². The lowest BCUT2D eigenvalue weighted by atomic mass is 9.88. The zero-order chi connectivity index (χ0) is 12.6. The highest BCUT2D eigenvalue weighted by atomic mass is 19.4. The number of aromatic nitrogens is 1. The summed E-state index contributed by atoms with van der Waals surface area (Å²) in [5.41, 5.74) is -0.570. The van der Waals surface area contributed by atoms with Crippen LogP contribution in [0.5, 0.6) is 0 Å². The van der Waals surface area contributed by atoms with Gasteiger partial charge in [-0.3, -0.25) is 0 Å². The maximum absolute atomic E-state index is 12.7. The van der Waals surface area contributed by atoms with Gasteiger partial charge in [-0.25, -0.2) is 4.98 Å². The van der Waals surface area contributed by atoms with E-state index in [1.165, 1.54) is 12.3 Å². The average molecular weight is 244 g/mol. The lowest BCUT2D eigenvalue weighted by Crippen LogP contribution is -2.49. The zero-order valence-electron chi connectivity index (χ0n) is 9.83. The van der Waals surface area contributed by atoms with E-state index in [1.807, 2.05) is 0 Å². The smallest absolute Gasteiger partial charge is 0.369 e. The van der Waals surface area contributed by atoms with Gasteiger partial charge >= 0.3 is 6.18 Å². The van der Waals surface area contributed by atoms with Crippen LogP contribution in [0.2, 0.25) is 0 Å². The molecule has 1 aromatic heterocycles. The van der Waals surface area contributed by atoms with Gasteiger partial charge in [0.15, 0.2) is 5.69 Å². The van der Waals surface area contributed by atoms with E-state index in [2.05, 4.69) is 18.8 Å². The molecule has 0 saturated carbocycles. The Morgan fingerprint density at radius 1 is 1.35 bits per heavy atom. The van der Waals surface area contributed by atoms with E-state index in [0.717, 1.165) is 0 Å². The Hall–Kier alpha value is -1.26. The first-order chi connectivity index (χ1) is 7.89. The van der Waals surface area contributed by atoms with Crippen molar-refractivity contribution in [2.24, 2.45) is 11.8 Å². The van der Waals surface area contributed by atoms with E-state index in [-0.39, 0.29) is 5.69 Å². The largest absolute Gasteiger partial charge is 0.435 e. The normalized spacial score (nSPS) is 17.4. The van der Waals surface area contributed by atoms with Crippen LogP contribution in [0, 0.1) is 11.8 Å². The number of hydrogen-bond donors (Lipinski definition) is 0. The minimum atomic E-state index is -4.38. The van der Waals surface area contributed by atoms with Crippen LogP contribution in [-0.4, -0.2) is 18.1 Å². The molecule has 0 unspecified atom stereocenters. The van der Waals surface area contributed by atoms with Gasteiger partial charge in [-0.2, -0.15) is 13.2 Å². The van der Waals surface area contributed by atoms with Crippen molar-refractivity contribution in [3.8, 4) is 0 Å². The maximum atomic E-state index is 12.7. The third-order valence-corrected chi connectivity index (χ3v) is 3.25. The van der Waals surface area contributed by atoms with E-state index in [4.69, 9.17) is 0 Å². The molecule has 1 fully saturated rings. The second-order valence-corrected chi connectivity index (χ2v) is 4.78. The lowest BCUT2D eigenvalue weighted by molar-refractivity contribution is -0.140. The highest BCUT2D eigenvalue weighted by Crippen LogP contribution is 2.38. The molecule has 5 heteroatoms. The van der Waals surface area contributed by atoms with Crippen molar-refractivity contribution in [3.05, 3.63) is 24.0 Å². The summed E-state index contributed by atoms with van der Waals surface area (Å²) in [5, 5.41) is 0. The predicted octanol–water partition coefficient (Wildman–Crippen LogP) is 3.19. The Bertz CT molecular complexity index is 395. The standard InChI is InChI=1S/C12H15F3N2/c1-8(2)9-6-17(7-9)10-4-3-5-16-11(10)12(13,14)15/h3-5,8-9H,6-7H2,1-2H3. The molecule has 1 saturated heterocycles. The molecule has 0 radical (unpaired) electrons. The van der Waals surface area contributed by atoms with Crippen LogP contribution in [0.4, 0.5) is 18.9 Å². The number of nitrogens with zero attached hydrogens (tertiary/aromatic N) is 2.